The molecule has 0 aliphatic carbocycles. The van der Waals surface area contributed by atoms with Crippen LogP contribution in [0.1, 0.15) is 17.4 Å². The van der Waals surface area contributed by atoms with E-state index in [9.17, 15) is 5.11 Å². The van der Waals surface area contributed by atoms with Crippen molar-refractivity contribution < 1.29 is 9.84 Å². The quantitative estimate of drug-likeness (QED) is 0.853. The van der Waals surface area contributed by atoms with E-state index < -0.39 is 5.54 Å². The van der Waals surface area contributed by atoms with Crippen molar-refractivity contribution in [2.75, 3.05) is 13.7 Å². The van der Waals surface area contributed by atoms with Crippen LogP contribution in [0.5, 0.6) is 5.75 Å². The van der Waals surface area contributed by atoms with Gasteiger partial charge in [0.1, 0.15) is 5.75 Å². The van der Waals surface area contributed by atoms with Crippen molar-refractivity contribution in [2.45, 2.75) is 19.0 Å². The van der Waals surface area contributed by atoms with Gasteiger partial charge >= 0.3 is 0 Å². The fourth-order valence-corrected chi connectivity index (χ4v) is 2.56. The standard InChI is InChI=1S/C15H19NO2S/c1-15(11-17,16-10-14-7-4-8-19-14)12-5-3-6-13(9-12)18-2/h3-9,16-17H,10-11H2,1-2H3. The molecule has 0 amide bonds. The Balaban J connectivity index is 2.15. The molecule has 0 saturated carbocycles. The molecule has 0 saturated heterocycles. The molecule has 1 aromatic carbocycles. The molecule has 0 fully saturated rings. The largest absolute Gasteiger partial charge is 0.497 e. The number of thiophene rings is 1. The zero-order valence-electron chi connectivity index (χ0n) is 11.2. The first-order valence-corrected chi connectivity index (χ1v) is 7.09. The summed E-state index contributed by atoms with van der Waals surface area (Å²) < 4.78 is 5.24. The lowest BCUT2D eigenvalue weighted by atomic mass is 9.92. The second-order valence-corrected chi connectivity index (χ2v) is 5.69. The zero-order valence-corrected chi connectivity index (χ0v) is 12.0. The number of aliphatic hydroxyl groups is 1. The first-order valence-electron chi connectivity index (χ1n) is 6.21. The van der Waals surface area contributed by atoms with Crippen molar-refractivity contribution in [3.63, 3.8) is 0 Å². The van der Waals surface area contributed by atoms with Gasteiger partial charge in [-0.25, -0.2) is 0 Å². The molecule has 19 heavy (non-hydrogen) atoms. The van der Waals surface area contributed by atoms with Gasteiger partial charge in [-0.15, -0.1) is 11.3 Å². The number of hydrogen-bond acceptors (Lipinski definition) is 4. The lowest BCUT2D eigenvalue weighted by molar-refractivity contribution is 0.173. The minimum atomic E-state index is -0.474. The molecule has 0 bridgehead atoms. The van der Waals surface area contributed by atoms with E-state index in [1.807, 2.05) is 37.3 Å². The lowest BCUT2D eigenvalue weighted by Gasteiger charge is -2.29. The van der Waals surface area contributed by atoms with E-state index in [2.05, 4.69) is 16.8 Å². The van der Waals surface area contributed by atoms with Crippen LogP contribution in [-0.4, -0.2) is 18.8 Å². The van der Waals surface area contributed by atoms with E-state index >= 15 is 0 Å². The number of ether oxygens (including phenoxy) is 1. The van der Waals surface area contributed by atoms with E-state index in [-0.39, 0.29) is 6.61 Å². The Morgan fingerprint density at radius 1 is 1.32 bits per heavy atom. The maximum absolute atomic E-state index is 9.73. The molecule has 2 rings (SSSR count). The van der Waals surface area contributed by atoms with Crippen LogP contribution in [-0.2, 0) is 12.1 Å². The molecule has 1 aromatic heterocycles. The Morgan fingerprint density at radius 3 is 2.79 bits per heavy atom. The Kier molecular flexibility index (Phi) is 4.58. The normalized spacial score (nSPS) is 14.1. The molecule has 0 spiro atoms. The van der Waals surface area contributed by atoms with E-state index in [1.165, 1.54) is 4.88 Å². The third kappa shape index (κ3) is 3.35. The molecule has 1 heterocycles. The highest BCUT2D eigenvalue weighted by Crippen LogP contribution is 2.25. The van der Waals surface area contributed by atoms with Crippen LogP contribution >= 0.6 is 11.3 Å². The van der Waals surface area contributed by atoms with E-state index in [0.29, 0.717) is 0 Å². The minimum absolute atomic E-state index is 0.0333. The monoisotopic (exact) mass is 277 g/mol. The fourth-order valence-electron chi connectivity index (χ4n) is 1.91. The molecule has 4 heteroatoms. The van der Waals surface area contributed by atoms with Gasteiger partial charge in [-0.05, 0) is 36.1 Å². The van der Waals surface area contributed by atoms with Gasteiger partial charge in [0.25, 0.3) is 0 Å². The van der Waals surface area contributed by atoms with E-state index in [4.69, 9.17) is 4.74 Å². The molecular weight excluding hydrogens is 258 g/mol. The van der Waals surface area contributed by atoms with Crippen molar-refractivity contribution in [1.29, 1.82) is 0 Å². The summed E-state index contributed by atoms with van der Waals surface area (Å²) >= 11 is 1.71. The van der Waals surface area contributed by atoms with Gasteiger partial charge in [0, 0.05) is 11.4 Å². The van der Waals surface area contributed by atoms with Gasteiger partial charge in [0.15, 0.2) is 0 Å². The summed E-state index contributed by atoms with van der Waals surface area (Å²) in [7, 11) is 1.65. The highest BCUT2D eigenvalue weighted by atomic mass is 32.1. The average molecular weight is 277 g/mol. The molecule has 2 aromatic rings. The first-order chi connectivity index (χ1) is 9.18. The summed E-state index contributed by atoms with van der Waals surface area (Å²) in [6, 6.07) is 11.9. The highest BCUT2D eigenvalue weighted by Gasteiger charge is 2.25. The Labute approximate surface area is 117 Å². The van der Waals surface area contributed by atoms with Crippen molar-refractivity contribution in [2.24, 2.45) is 0 Å². The van der Waals surface area contributed by atoms with Crippen molar-refractivity contribution in [1.82, 2.24) is 5.32 Å². The van der Waals surface area contributed by atoms with Crippen LogP contribution in [0, 0.1) is 0 Å². The van der Waals surface area contributed by atoms with Gasteiger partial charge in [-0.3, -0.25) is 0 Å². The van der Waals surface area contributed by atoms with Crippen LogP contribution in [0.3, 0.4) is 0 Å². The molecule has 0 aliphatic rings. The maximum atomic E-state index is 9.73. The van der Waals surface area contributed by atoms with Gasteiger partial charge in [0.2, 0.25) is 0 Å². The molecule has 102 valence electrons. The minimum Gasteiger partial charge on any atom is -0.497 e. The second-order valence-electron chi connectivity index (χ2n) is 4.66. The van der Waals surface area contributed by atoms with Crippen LogP contribution in [0.2, 0.25) is 0 Å². The van der Waals surface area contributed by atoms with Gasteiger partial charge in [-0.2, -0.15) is 0 Å². The molecule has 1 atom stereocenters. The molecule has 1 unspecified atom stereocenters. The summed E-state index contributed by atoms with van der Waals surface area (Å²) in [6.45, 7) is 2.77. The van der Waals surface area contributed by atoms with Crippen LogP contribution < -0.4 is 10.1 Å². The molecule has 0 aliphatic heterocycles. The topological polar surface area (TPSA) is 41.5 Å². The van der Waals surface area contributed by atoms with Gasteiger partial charge in [0.05, 0.1) is 19.3 Å². The summed E-state index contributed by atoms with van der Waals surface area (Å²) in [4.78, 5) is 1.25. The summed E-state index contributed by atoms with van der Waals surface area (Å²) in [5, 5.41) is 15.2. The number of nitrogens with one attached hydrogen (secondary N) is 1. The summed E-state index contributed by atoms with van der Waals surface area (Å²) in [6.07, 6.45) is 0. The third-order valence-corrected chi connectivity index (χ3v) is 4.13. The molecule has 3 nitrogen and oxygen atoms in total. The van der Waals surface area contributed by atoms with Crippen molar-refractivity contribution in [3.8, 4) is 5.75 Å². The van der Waals surface area contributed by atoms with E-state index in [1.54, 1.807) is 18.4 Å². The second kappa shape index (κ2) is 6.19. The number of rotatable bonds is 6. The van der Waals surface area contributed by atoms with Gasteiger partial charge < -0.3 is 15.2 Å². The first kappa shape index (κ1) is 14.1. The Morgan fingerprint density at radius 2 is 2.16 bits per heavy atom. The highest BCUT2D eigenvalue weighted by molar-refractivity contribution is 7.09. The zero-order chi connectivity index (χ0) is 13.7. The lowest BCUT2D eigenvalue weighted by Crippen LogP contribution is -2.42. The molecule has 2 N–H and O–H groups in total. The summed E-state index contributed by atoms with van der Waals surface area (Å²) in [5.41, 5.74) is 0.546. The van der Waals surface area contributed by atoms with E-state index in [0.717, 1.165) is 17.9 Å². The number of methoxy groups -OCH3 is 1. The van der Waals surface area contributed by atoms with Crippen LogP contribution in [0.4, 0.5) is 0 Å². The molecule has 0 radical (unpaired) electrons. The smallest absolute Gasteiger partial charge is 0.119 e. The fraction of sp³-hybridized carbons (Fsp3) is 0.333. The Bertz CT molecular complexity index is 513. The number of aliphatic hydroxyl groups excluding tert-OH is 1. The predicted octanol–water partition coefficient (Wildman–Crippen LogP) is 2.75. The number of benzene rings is 1. The third-order valence-electron chi connectivity index (χ3n) is 3.26. The van der Waals surface area contributed by atoms with Crippen LogP contribution in [0.25, 0.3) is 0 Å². The number of hydrogen-bond donors (Lipinski definition) is 2. The Hall–Kier alpha value is -1.36. The SMILES string of the molecule is COc1cccc(C(C)(CO)NCc2cccs2)c1. The molecular formula is C15H19NO2S. The summed E-state index contributed by atoms with van der Waals surface area (Å²) in [5.74, 6) is 0.801. The van der Waals surface area contributed by atoms with Gasteiger partial charge in [-0.1, -0.05) is 18.2 Å². The average Bonchev–Trinajstić information content (AvgIpc) is 2.98. The maximum Gasteiger partial charge on any atom is 0.119 e. The van der Waals surface area contributed by atoms with Crippen molar-refractivity contribution in [3.05, 3.63) is 52.2 Å². The van der Waals surface area contributed by atoms with Crippen LogP contribution in [0.15, 0.2) is 41.8 Å². The van der Waals surface area contributed by atoms with Crippen molar-refractivity contribution >= 4 is 11.3 Å². The predicted molar refractivity (Wildman–Crippen MR) is 78.6 cm³/mol.